The highest BCUT2D eigenvalue weighted by atomic mass is 32.1. The molecule has 5 aliphatic rings. The number of aldehydes is 1. The van der Waals surface area contributed by atoms with Crippen LogP contribution in [0.25, 0.3) is 54.5 Å². The number of piperazine rings is 1. The second-order valence-corrected chi connectivity index (χ2v) is 25.1. The van der Waals surface area contributed by atoms with Crippen LogP contribution in [-0.4, -0.2) is 133 Å². The van der Waals surface area contributed by atoms with Crippen molar-refractivity contribution in [3.63, 3.8) is 0 Å². The van der Waals surface area contributed by atoms with Crippen molar-refractivity contribution in [2.24, 2.45) is 5.92 Å². The molecule has 2 amide bonds. The number of ether oxygens (including phenoxy) is 3. The molecule has 0 spiro atoms. The maximum atomic E-state index is 16.3. The molecule has 8 aromatic rings. The first-order valence-corrected chi connectivity index (χ1v) is 31.0. The summed E-state index contributed by atoms with van der Waals surface area (Å²) in [7, 11) is 1.82. The molecule has 4 saturated heterocycles. The lowest BCUT2D eigenvalue weighted by Gasteiger charge is -2.37. The number of anilines is 2. The molecule has 2 bridgehead atoms. The molecule has 1 aliphatic carbocycles. The Morgan fingerprint density at radius 2 is 1.72 bits per heavy atom. The van der Waals surface area contributed by atoms with Gasteiger partial charge in [0.1, 0.15) is 47.6 Å². The molecule has 4 aromatic carbocycles. The SMILES string of the molecule is C.CNc1cc(COc2c(-c3c(C)c(F)cc4[nH]ncc34)c(C3CC3)cc3c(N4CC5CC4CN5C(C)C)nc(OC4CCOCC4)nc23)ccc1-c1cn(C(C(=O)N2CCCC2C(=O)NCc2ccc(-c3scnc3C)cc2)C(C)C)nc1C=O. The molecule has 4 atom stereocenters. The van der Waals surface area contributed by atoms with Crippen LogP contribution >= 0.6 is 11.3 Å². The summed E-state index contributed by atoms with van der Waals surface area (Å²) in [6.07, 6.45) is 9.75. The van der Waals surface area contributed by atoms with E-state index in [2.05, 4.69) is 55.5 Å². The van der Waals surface area contributed by atoms with Crippen molar-refractivity contribution >= 4 is 62.7 Å². The number of nitrogens with zero attached hydrogens (tertiary/aromatic N) is 9. The molecule has 4 aliphatic heterocycles. The van der Waals surface area contributed by atoms with E-state index < -0.39 is 12.1 Å². The molecule has 20 heteroatoms. The van der Waals surface area contributed by atoms with Gasteiger partial charge in [-0.05, 0) is 118 Å². The largest absolute Gasteiger partial charge is 0.486 e. The van der Waals surface area contributed by atoms with Crippen molar-refractivity contribution in [1.29, 1.82) is 0 Å². The predicted molar refractivity (Wildman–Crippen MR) is 334 cm³/mol. The van der Waals surface area contributed by atoms with E-state index in [4.69, 9.17) is 29.3 Å². The maximum Gasteiger partial charge on any atom is 0.319 e. The van der Waals surface area contributed by atoms with Gasteiger partial charge in [0.25, 0.3) is 0 Å². The van der Waals surface area contributed by atoms with Crippen molar-refractivity contribution in [3.05, 3.63) is 112 Å². The number of benzene rings is 4. The minimum atomic E-state index is -0.794. The van der Waals surface area contributed by atoms with Gasteiger partial charge in [0.15, 0.2) is 12.0 Å². The number of rotatable bonds is 19. The highest BCUT2D eigenvalue weighted by molar-refractivity contribution is 7.13. The number of aryl methyl sites for hydroxylation is 1. The number of aromatic amines is 1. The van der Waals surface area contributed by atoms with Gasteiger partial charge in [0.2, 0.25) is 11.8 Å². The molecule has 4 unspecified atom stereocenters. The average Bonchev–Trinajstić information content (AvgIpc) is 1.36. The number of carbonyl (C=O) groups excluding carboxylic acids is 3. The number of amides is 2. The number of halogens is 1. The summed E-state index contributed by atoms with van der Waals surface area (Å²) >= 11 is 1.60. The summed E-state index contributed by atoms with van der Waals surface area (Å²) < 4.78 is 37.7. The van der Waals surface area contributed by atoms with Crippen LogP contribution in [0.3, 0.4) is 0 Å². The van der Waals surface area contributed by atoms with E-state index in [-0.39, 0.29) is 67.4 Å². The third-order valence-electron chi connectivity index (χ3n) is 18.1. The lowest BCUT2D eigenvalue weighted by molar-refractivity contribution is -0.142. The number of hydrogen-bond donors (Lipinski definition) is 3. The molecule has 18 nitrogen and oxygen atoms in total. The van der Waals surface area contributed by atoms with Crippen LogP contribution in [0.4, 0.5) is 15.9 Å². The van der Waals surface area contributed by atoms with Crippen LogP contribution in [0.1, 0.15) is 130 Å². The number of aromatic nitrogens is 7. The van der Waals surface area contributed by atoms with Crippen molar-refractivity contribution < 1.29 is 33.0 Å². The number of hydrogen-bond acceptors (Lipinski definition) is 15. The van der Waals surface area contributed by atoms with Crippen molar-refractivity contribution in [1.82, 2.24) is 50.0 Å². The van der Waals surface area contributed by atoms with Gasteiger partial charge >= 0.3 is 6.01 Å². The highest BCUT2D eigenvalue weighted by Gasteiger charge is 2.46. The van der Waals surface area contributed by atoms with Gasteiger partial charge in [-0.25, -0.2) is 9.37 Å². The fraction of sp³-hybridized carbons (Fsp3) is 0.455. The van der Waals surface area contributed by atoms with Gasteiger partial charge in [-0.3, -0.25) is 29.1 Å². The minimum Gasteiger partial charge on any atom is -0.486 e. The van der Waals surface area contributed by atoms with E-state index in [1.807, 2.05) is 82.7 Å². The zero-order valence-electron chi connectivity index (χ0n) is 49.3. The Kier molecular flexibility index (Phi) is 16.5. The lowest BCUT2D eigenvalue weighted by Crippen LogP contribution is -2.49. The Balaban J connectivity index is 0.00000724. The number of likely N-dealkylation sites (tertiary alicyclic amines) is 2. The van der Waals surface area contributed by atoms with Gasteiger partial charge in [0, 0.05) is 109 Å². The first-order chi connectivity index (χ1) is 41.2. The Labute approximate surface area is 505 Å². The fourth-order valence-corrected chi connectivity index (χ4v) is 14.4. The van der Waals surface area contributed by atoms with Crippen LogP contribution in [-0.2, 0) is 27.5 Å². The minimum absolute atomic E-state index is 0. The summed E-state index contributed by atoms with van der Waals surface area (Å²) in [4.78, 5) is 64.5. The second kappa shape index (κ2) is 24.2. The van der Waals surface area contributed by atoms with Crippen LogP contribution < -0.4 is 25.0 Å². The molecular formula is C66H77FN12O6S. The summed E-state index contributed by atoms with van der Waals surface area (Å²) in [5.74, 6) is 0.510. The monoisotopic (exact) mass is 1180 g/mol. The molecule has 5 fully saturated rings. The smallest absolute Gasteiger partial charge is 0.319 e. The number of fused-ring (bicyclic) bond motifs is 4. The fourth-order valence-electron chi connectivity index (χ4n) is 13.6. The van der Waals surface area contributed by atoms with E-state index in [9.17, 15) is 14.4 Å². The number of nitrogens with one attached hydrogen (secondary N) is 3. The molecule has 4 aromatic heterocycles. The first kappa shape index (κ1) is 58.6. The van der Waals surface area contributed by atoms with E-state index in [0.717, 1.165) is 93.6 Å². The molecular weight excluding hydrogens is 1110 g/mol. The standard InChI is InChI=1S/C65H73FN12O6S.CH4/c1-35(2)59(64(81)75-20-8-9-55(75)63(80)68-27-39-10-13-42(14-11-39)61-38(6)69-34-85-61)78-31-50(54(32-79)74-78)46-17-12-40(23-52(46)67-7)33-83-60-57(56-37(5)51(66)26-53-49(56)28-70-73-53)47(41-15-16-41)25-48-58(60)71-65(84-45-18-21-82-22-19-45)72-62(48)77-30-43-24-44(77)29-76(43)36(3)4;/h10-14,17,23,25-26,28,31-32,34-36,41,43-45,55,59,67H,8-9,15-16,18-22,24,27,29-30,33H2,1-7H3,(H,68,80)(H,70,73);1H4. The van der Waals surface area contributed by atoms with Crippen molar-refractivity contribution in [2.45, 2.75) is 149 Å². The quantitative estimate of drug-likeness (QED) is 0.0646. The van der Waals surface area contributed by atoms with Crippen molar-refractivity contribution in [3.8, 4) is 44.5 Å². The number of thiazole rings is 1. The molecule has 86 heavy (non-hydrogen) atoms. The van der Waals surface area contributed by atoms with Gasteiger partial charge < -0.3 is 34.6 Å². The Morgan fingerprint density at radius 1 is 0.930 bits per heavy atom. The second-order valence-electron chi connectivity index (χ2n) is 24.3. The third kappa shape index (κ3) is 11.0. The Morgan fingerprint density at radius 3 is 2.42 bits per heavy atom. The third-order valence-corrected chi connectivity index (χ3v) is 19.1. The molecule has 3 N–H and O–H groups in total. The molecule has 8 heterocycles. The zero-order valence-corrected chi connectivity index (χ0v) is 50.1. The van der Waals surface area contributed by atoms with Crippen LogP contribution in [0.15, 0.2) is 72.5 Å². The first-order valence-electron chi connectivity index (χ1n) is 30.1. The van der Waals surface area contributed by atoms with Crippen LogP contribution in [0, 0.1) is 25.6 Å². The molecule has 1 saturated carbocycles. The maximum absolute atomic E-state index is 16.3. The highest BCUT2D eigenvalue weighted by Crippen LogP contribution is 2.54. The van der Waals surface area contributed by atoms with E-state index in [1.165, 1.54) is 6.07 Å². The van der Waals surface area contributed by atoms with Gasteiger partial charge in [-0.2, -0.15) is 20.2 Å². The molecule has 13 rings (SSSR count). The van der Waals surface area contributed by atoms with E-state index in [0.29, 0.717) is 109 Å². The Bertz CT molecular complexity index is 3850. The van der Waals surface area contributed by atoms with Crippen LogP contribution in [0.2, 0.25) is 0 Å². The van der Waals surface area contributed by atoms with E-state index in [1.54, 1.807) is 33.3 Å². The van der Waals surface area contributed by atoms with Gasteiger partial charge in [-0.15, -0.1) is 11.3 Å². The Hall–Kier alpha value is -7.81. The lowest BCUT2D eigenvalue weighted by atomic mass is 9.88. The van der Waals surface area contributed by atoms with Crippen molar-refractivity contribution in [2.75, 3.05) is 50.1 Å². The van der Waals surface area contributed by atoms with E-state index >= 15 is 4.39 Å². The number of carbonyl (C=O) groups is 3. The van der Waals surface area contributed by atoms with Gasteiger partial charge in [-0.1, -0.05) is 57.7 Å². The average molecular weight is 1190 g/mol. The summed E-state index contributed by atoms with van der Waals surface area (Å²) in [5, 5.41) is 20.3. The van der Waals surface area contributed by atoms with Crippen LogP contribution in [0.5, 0.6) is 11.8 Å². The number of H-pyrrole nitrogens is 1. The normalized spacial score (nSPS) is 19.3. The van der Waals surface area contributed by atoms with Gasteiger partial charge in [0.05, 0.1) is 41.0 Å². The summed E-state index contributed by atoms with van der Waals surface area (Å²) in [6, 6.07) is 17.6. The molecule has 0 radical (unpaired) electrons. The summed E-state index contributed by atoms with van der Waals surface area (Å²) in [6.45, 7) is 16.0. The summed E-state index contributed by atoms with van der Waals surface area (Å²) in [5.41, 5.74) is 12.0. The topological polar surface area (TPSA) is 198 Å². The predicted octanol–water partition coefficient (Wildman–Crippen LogP) is 11.6. The molecule has 450 valence electrons. The zero-order chi connectivity index (χ0) is 58.8.